The van der Waals surface area contributed by atoms with Crippen LogP contribution in [0.15, 0.2) is 24.3 Å². The number of hydrogen-bond donors (Lipinski definition) is 1. The number of amides is 3. The van der Waals surface area contributed by atoms with Gasteiger partial charge in [-0.1, -0.05) is 18.2 Å². The monoisotopic (exact) mass is 331 g/mol. The number of nitrogens with zero attached hydrogens (tertiary/aromatic N) is 2. The Labute approximate surface area is 142 Å². The number of rotatable bonds is 6. The molecule has 1 heterocycles. The van der Waals surface area contributed by atoms with E-state index in [0.29, 0.717) is 13.1 Å². The van der Waals surface area contributed by atoms with Gasteiger partial charge in [-0.2, -0.15) is 0 Å². The smallest absolute Gasteiger partial charge is 0.237 e. The van der Waals surface area contributed by atoms with Gasteiger partial charge < -0.3 is 15.1 Å². The van der Waals surface area contributed by atoms with E-state index in [9.17, 15) is 14.4 Å². The van der Waals surface area contributed by atoms with E-state index in [2.05, 4.69) is 5.32 Å². The van der Waals surface area contributed by atoms with Gasteiger partial charge in [0.25, 0.3) is 0 Å². The lowest BCUT2D eigenvalue weighted by Crippen LogP contribution is -2.39. The molecule has 1 N–H and O–H groups in total. The van der Waals surface area contributed by atoms with Crippen molar-refractivity contribution in [1.29, 1.82) is 0 Å². The molecular formula is C18H25N3O3. The zero-order valence-corrected chi connectivity index (χ0v) is 14.8. The fraction of sp³-hybridized carbons (Fsp3) is 0.500. The molecule has 6 nitrogen and oxygen atoms in total. The van der Waals surface area contributed by atoms with Crippen molar-refractivity contribution < 1.29 is 14.4 Å². The van der Waals surface area contributed by atoms with Crippen LogP contribution in [0.3, 0.4) is 0 Å². The summed E-state index contributed by atoms with van der Waals surface area (Å²) in [6, 6.07) is 7.69. The maximum Gasteiger partial charge on any atom is 0.237 e. The number of hydrogen-bond acceptors (Lipinski definition) is 3. The Morgan fingerprint density at radius 1 is 1.17 bits per heavy atom. The van der Waals surface area contributed by atoms with Crippen molar-refractivity contribution in [2.24, 2.45) is 0 Å². The van der Waals surface area contributed by atoms with Gasteiger partial charge in [0.15, 0.2) is 0 Å². The summed E-state index contributed by atoms with van der Waals surface area (Å²) in [7, 11) is 3.37. The molecule has 3 amide bonds. The molecule has 0 spiro atoms. The summed E-state index contributed by atoms with van der Waals surface area (Å²) in [6.07, 6.45) is 0.490. The Hall–Kier alpha value is -2.37. The first-order chi connectivity index (χ1) is 11.2. The van der Waals surface area contributed by atoms with E-state index in [0.717, 1.165) is 11.3 Å². The summed E-state index contributed by atoms with van der Waals surface area (Å²) in [5.74, 6) is -0.170. The molecule has 0 bridgehead atoms. The number of benzene rings is 1. The van der Waals surface area contributed by atoms with Crippen molar-refractivity contribution in [2.75, 3.05) is 32.1 Å². The first-order valence-electron chi connectivity index (χ1n) is 8.13. The molecule has 0 saturated heterocycles. The lowest BCUT2D eigenvalue weighted by atomic mass is 9.86. The van der Waals surface area contributed by atoms with Crippen LogP contribution in [0, 0.1) is 0 Å². The van der Waals surface area contributed by atoms with Crippen LogP contribution in [0.1, 0.15) is 32.3 Å². The Morgan fingerprint density at radius 3 is 2.50 bits per heavy atom. The van der Waals surface area contributed by atoms with Gasteiger partial charge in [0, 0.05) is 45.7 Å². The summed E-state index contributed by atoms with van der Waals surface area (Å²) >= 11 is 0. The van der Waals surface area contributed by atoms with Crippen molar-refractivity contribution in [2.45, 2.75) is 32.1 Å². The maximum atomic E-state index is 12.6. The minimum absolute atomic E-state index is 0.0132. The van der Waals surface area contributed by atoms with Crippen molar-refractivity contribution in [1.82, 2.24) is 10.2 Å². The van der Waals surface area contributed by atoms with Crippen molar-refractivity contribution >= 4 is 23.4 Å². The topological polar surface area (TPSA) is 69.7 Å². The summed E-state index contributed by atoms with van der Waals surface area (Å²) in [5, 5.41) is 2.73. The van der Waals surface area contributed by atoms with Crippen LogP contribution in [0.25, 0.3) is 0 Å². The van der Waals surface area contributed by atoms with Gasteiger partial charge in [-0.3, -0.25) is 14.4 Å². The molecule has 130 valence electrons. The standard InChI is InChI=1S/C18H25N3O3/c1-18(2)13-7-5-6-8-14(13)21(17(18)24)12-10-15(22)19-11-9-16(23)20(3)4/h5-8H,9-12H2,1-4H3,(H,19,22). The van der Waals surface area contributed by atoms with E-state index < -0.39 is 5.41 Å². The molecule has 0 aliphatic carbocycles. The van der Waals surface area contributed by atoms with E-state index in [4.69, 9.17) is 0 Å². The second kappa shape index (κ2) is 7.03. The second-order valence-electron chi connectivity index (χ2n) is 6.74. The lowest BCUT2D eigenvalue weighted by molar-refractivity contribution is -0.128. The largest absolute Gasteiger partial charge is 0.356 e. The fourth-order valence-electron chi connectivity index (χ4n) is 2.86. The molecule has 1 aliphatic rings. The second-order valence-corrected chi connectivity index (χ2v) is 6.74. The Bertz CT molecular complexity index is 653. The highest BCUT2D eigenvalue weighted by molar-refractivity contribution is 6.07. The summed E-state index contributed by atoms with van der Waals surface area (Å²) in [6.45, 7) is 4.46. The number of carbonyl (C=O) groups excluding carboxylic acids is 3. The van der Waals surface area contributed by atoms with E-state index in [-0.39, 0.29) is 30.6 Å². The maximum absolute atomic E-state index is 12.6. The van der Waals surface area contributed by atoms with Crippen LogP contribution in [-0.4, -0.2) is 49.8 Å². The highest BCUT2D eigenvalue weighted by Gasteiger charge is 2.43. The van der Waals surface area contributed by atoms with E-state index in [1.54, 1.807) is 19.0 Å². The number of para-hydroxylation sites is 1. The lowest BCUT2D eigenvalue weighted by Gasteiger charge is -2.20. The zero-order chi connectivity index (χ0) is 17.9. The molecule has 6 heteroatoms. The molecule has 0 unspecified atom stereocenters. The Kier molecular flexibility index (Phi) is 5.26. The number of nitrogens with one attached hydrogen (secondary N) is 1. The molecule has 1 aromatic rings. The van der Waals surface area contributed by atoms with Gasteiger partial charge in [-0.15, -0.1) is 0 Å². The molecule has 1 aliphatic heterocycles. The Morgan fingerprint density at radius 2 is 1.83 bits per heavy atom. The molecule has 0 radical (unpaired) electrons. The van der Waals surface area contributed by atoms with Crippen LogP contribution < -0.4 is 10.2 Å². The van der Waals surface area contributed by atoms with Gasteiger partial charge in [0.1, 0.15) is 0 Å². The molecule has 2 rings (SSSR count). The van der Waals surface area contributed by atoms with Gasteiger partial charge in [0.2, 0.25) is 17.7 Å². The third-order valence-corrected chi connectivity index (χ3v) is 4.37. The summed E-state index contributed by atoms with van der Waals surface area (Å²) in [4.78, 5) is 39.2. The predicted molar refractivity (Wildman–Crippen MR) is 92.8 cm³/mol. The quantitative estimate of drug-likeness (QED) is 0.854. The zero-order valence-electron chi connectivity index (χ0n) is 14.8. The van der Waals surface area contributed by atoms with E-state index in [1.165, 1.54) is 4.90 Å². The minimum atomic E-state index is -0.564. The normalized spacial score (nSPS) is 15.2. The highest BCUT2D eigenvalue weighted by Crippen LogP contribution is 2.41. The highest BCUT2D eigenvalue weighted by atomic mass is 16.2. The number of anilines is 1. The molecule has 0 saturated carbocycles. The molecule has 0 atom stereocenters. The minimum Gasteiger partial charge on any atom is -0.356 e. The molecule has 1 aromatic carbocycles. The van der Waals surface area contributed by atoms with Crippen LogP contribution in [0.2, 0.25) is 0 Å². The van der Waals surface area contributed by atoms with Crippen LogP contribution in [0.4, 0.5) is 5.69 Å². The van der Waals surface area contributed by atoms with Crippen molar-refractivity contribution in [3.8, 4) is 0 Å². The van der Waals surface area contributed by atoms with E-state index in [1.807, 2.05) is 38.1 Å². The van der Waals surface area contributed by atoms with Crippen LogP contribution >= 0.6 is 0 Å². The van der Waals surface area contributed by atoms with Gasteiger partial charge in [0.05, 0.1) is 5.41 Å². The number of fused-ring (bicyclic) bond motifs is 1. The SMILES string of the molecule is CN(C)C(=O)CCNC(=O)CCN1C(=O)C(C)(C)c2ccccc21. The average Bonchev–Trinajstić information content (AvgIpc) is 2.73. The van der Waals surface area contributed by atoms with Gasteiger partial charge in [-0.05, 0) is 25.5 Å². The van der Waals surface area contributed by atoms with Crippen molar-refractivity contribution in [3.63, 3.8) is 0 Å². The summed E-state index contributed by atoms with van der Waals surface area (Å²) in [5.41, 5.74) is 1.31. The van der Waals surface area contributed by atoms with Crippen LogP contribution in [0.5, 0.6) is 0 Å². The first kappa shape index (κ1) is 18.0. The molecular weight excluding hydrogens is 306 g/mol. The van der Waals surface area contributed by atoms with Gasteiger partial charge in [-0.25, -0.2) is 0 Å². The fourth-order valence-corrected chi connectivity index (χ4v) is 2.86. The molecule has 0 aromatic heterocycles. The van der Waals surface area contributed by atoms with E-state index >= 15 is 0 Å². The summed E-state index contributed by atoms with van der Waals surface area (Å²) < 4.78 is 0. The van der Waals surface area contributed by atoms with Crippen molar-refractivity contribution in [3.05, 3.63) is 29.8 Å². The average molecular weight is 331 g/mol. The van der Waals surface area contributed by atoms with Crippen LogP contribution in [-0.2, 0) is 19.8 Å². The van der Waals surface area contributed by atoms with Gasteiger partial charge >= 0.3 is 0 Å². The third kappa shape index (κ3) is 3.58. The predicted octanol–water partition coefficient (Wildman–Crippen LogP) is 1.30. The molecule has 0 fully saturated rings. The number of carbonyl (C=O) groups is 3. The third-order valence-electron chi connectivity index (χ3n) is 4.37. The Balaban J connectivity index is 1.90. The first-order valence-corrected chi connectivity index (χ1v) is 8.13. The molecule has 24 heavy (non-hydrogen) atoms.